The number of benzene rings is 1. The van der Waals surface area contributed by atoms with Crippen LogP contribution in [-0.4, -0.2) is 15.6 Å². The van der Waals surface area contributed by atoms with E-state index in [0.29, 0.717) is 10.0 Å². The topological polar surface area (TPSA) is 66.1 Å². The van der Waals surface area contributed by atoms with Gasteiger partial charge in [0.2, 0.25) is 0 Å². The molecule has 0 amide bonds. The third kappa shape index (κ3) is 2.29. The Balaban J connectivity index is 2.56. The Morgan fingerprint density at radius 2 is 1.94 bits per heavy atom. The van der Waals surface area contributed by atoms with E-state index in [-0.39, 0.29) is 17.1 Å². The predicted octanol–water partition coefficient (Wildman–Crippen LogP) is 2.12. The first kappa shape index (κ1) is 11.6. The van der Waals surface area contributed by atoms with Crippen LogP contribution in [0.5, 0.6) is 5.75 Å². The number of aromatic hydroxyl groups is 1. The third-order valence-corrected chi connectivity index (χ3v) is 2.68. The van der Waals surface area contributed by atoms with Crippen molar-refractivity contribution in [3.63, 3.8) is 0 Å². The predicted molar refractivity (Wildman–Crippen MR) is 65.8 cm³/mol. The first-order valence-corrected chi connectivity index (χ1v) is 5.64. The van der Waals surface area contributed by atoms with Crippen LogP contribution in [0, 0.1) is 5.41 Å². The van der Waals surface area contributed by atoms with Gasteiger partial charge in [0.1, 0.15) is 0 Å². The number of aromatic nitrogens is 1. The lowest BCUT2D eigenvalue weighted by atomic mass is 10.2. The Labute approximate surface area is 106 Å². The molecule has 86 valence electrons. The van der Waals surface area contributed by atoms with Gasteiger partial charge >= 0.3 is 0 Å². The Morgan fingerprint density at radius 1 is 1.29 bits per heavy atom. The van der Waals surface area contributed by atoms with Crippen molar-refractivity contribution in [2.45, 2.75) is 0 Å². The number of pyridine rings is 1. The number of halogens is 1. The Kier molecular flexibility index (Phi) is 3.10. The van der Waals surface area contributed by atoms with Gasteiger partial charge in [-0.25, -0.2) is 0 Å². The van der Waals surface area contributed by atoms with Crippen LogP contribution in [0.3, 0.4) is 0 Å². The molecule has 2 N–H and O–H groups in total. The fraction of sp³-hybridized carbons (Fsp3) is 0. The van der Waals surface area contributed by atoms with Crippen LogP contribution in [0.2, 0.25) is 0 Å². The largest absolute Gasteiger partial charge is 0.504 e. The van der Waals surface area contributed by atoms with Gasteiger partial charge in [-0.05, 0) is 34.1 Å². The van der Waals surface area contributed by atoms with Crippen molar-refractivity contribution in [3.05, 3.63) is 58.1 Å². The molecular weight excluding hydrogens is 284 g/mol. The van der Waals surface area contributed by atoms with E-state index < -0.39 is 0 Å². The quantitative estimate of drug-likeness (QED) is 0.845. The van der Waals surface area contributed by atoms with Gasteiger partial charge in [0.25, 0.3) is 5.91 Å². The highest BCUT2D eigenvalue weighted by Crippen LogP contribution is 2.13. The van der Waals surface area contributed by atoms with Crippen molar-refractivity contribution in [2.24, 2.45) is 0 Å². The minimum atomic E-state index is -0.354. The lowest BCUT2D eigenvalue weighted by molar-refractivity contribution is 0.0952. The number of hydrogen-bond acceptors (Lipinski definition) is 3. The Morgan fingerprint density at radius 3 is 2.59 bits per heavy atom. The van der Waals surface area contributed by atoms with Crippen molar-refractivity contribution in [2.75, 3.05) is 0 Å². The van der Waals surface area contributed by atoms with Crippen LogP contribution >= 0.6 is 15.9 Å². The fourth-order valence-corrected chi connectivity index (χ4v) is 1.85. The van der Waals surface area contributed by atoms with Crippen molar-refractivity contribution in [1.29, 1.82) is 5.41 Å². The summed E-state index contributed by atoms with van der Waals surface area (Å²) in [5.74, 6) is -0.601. The van der Waals surface area contributed by atoms with Crippen molar-refractivity contribution >= 4 is 21.8 Å². The number of carbonyl (C=O) groups is 1. The summed E-state index contributed by atoms with van der Waals surface area (Å²) in [6.07, 6.45) is 1.46. The van der Waals surface area contributed by atoms with E-state index in [2.05, 4.69) is 15.9 Å². The Bertz CT molecular complexity index is 620. The van der Waals surface area contributed by atoms with Gasteiger partial charge in [0.05, 0.1) is 0 Å². The highest BCUT2D eigenvalue weighted by Gasteiger charge is 2.10. The van der Waals surface area contributed by atoms with E-state index in [1.54, 1.807) is 30.3 Å². The van der Waals surface area contributed by atoms with Crippen molar-refractivity contribution in [3.8, 4) is 5.75 Å². The van der Waals surface area contributed by atoms with Gasteiger partial charge in [-0.15, -0.1) is 0 Å². The molecule has 1 heterocycles. The van der Waals surface area contributed by atoms with Crippen LogP contribution in [0.1, 0.15) is 10.4 Å². The van der Waals surface area contributed by atoms with Crippen LogP contribution in [0.25, 0.3) is 0 Å². The van der Waals surface area contributed by atoms with Gasteiger partial charge in [-0.1, -0.05) is 18.2 Å². The highest BCUT2D eigenvalue weighted by atomic mass is 79.9. The number of hydrogen-bond donors (Lipinski definition) is 2. The molecule has 0 saturated heterocycles. The molecule has 4 nitrogen and oxygen atoms in total. The van der Waals surface area contributed by atoms with Crippen molar-refractivity contribution < 1.29 is 9.90 Å². The maximum atomic E-state index is 12.1. The molecule has 0 aliphatic rings. The molecular formula is C12H9BrN2O2. The number of nitrogens with zero attached hydrogens (tertiary/aromatic N) is 1. The van der Waals surface area contributed by atoms with E-state index >= 15 is 0 Å². The summed E-state index contributed by atoms with van der Waals surface area (Å²) in [5.41, 5.74) is 0.227. The molecule has 2 aromatic rings. The zero-order valence-electron chi connectivity index (χ0n) is 8.72. The summed E-state index contributed by atoms with van der Waals surface area (Å²) >= 11 is 3.17. The molecule has 17 heavy (non-hydrogen) atoms. The van der Waals surface area contributed by atoms with E-state index in [1.165, 1.54) is 12.3 Å². The maximum Gasteiger partial charge on any atom is 0.263 e. The molecule has 2 rings (SSSR count). The second-order valence-electron chi connectivity index (χ2n) is 3.43. The monoisotopic (exact) mass is 292 g/mol. The second kappa shape index (κ2) is 4.55. The minimum Gasteiger partial charge on any atom is -0.504 e. The van der Waals surface area contributed by atoms with E-state index in [4.69, 9.17) is 5.41 Å². The summed E-state index contributed by atoms with van der Waals surface area (Å²) in [7, 11) is 0. The first-order chi connectivity index (χ1) is 8.09. The molecule has 0 aliphatic carbocycles. The Hall–Kier alpha value is -1.88. The van der Waals surface area contributed by atoms with Crippen LogP contribution in [0.15, 0.2) is 47.1 Å². The van der Waals surface area contributed by atoms with Crippen molar-refractivity contribution in [1.82, 2.24) is 4.57 Å². The molecule has 0 bridgehead atoms. The third-order valence-electron chi connectivity index (χ3n) is 2.25. The zero-order valence-corrected chi connectivity index (χ0v) is 10.3. The summed E-state index contributed by atoms with van der Waals surface area (Å²) < 4.78 is 1.63. The zero-order chi connectivity index (χ0) is 12.4. The number of carbonyl (C=O) groups excluding carboxylic acids is 1. The average Bonchev–Trinajstić information content (AvgIpc) is 2.34. The molecule has 1 aromatic heterocycles. The molecule has 0 saturated carbocycles. The summed E-state index contributed by atoms with van der Waals surface area (Å²) in [4.78, 5) is 12.1. The van der Waals surface area contributed by atoms with E-state index in [1.807, 2.05) is 0 Å². The van der Waals surface area contributed by atoms with Gasteiger partial charge in [0.15, 0.2) is 11.2 Å². The molecule has 1 aromatic carbocycles. The lowest BCUT2D eigenvalue weighted by Gasteiger charge is -2.07. The SMILES string of the molecule is N=c1c(O)cc(Br)cn1C(=O)c1ccccc1. The first-order valence-electron chi connectivity index (χ1n) is 4.85. The minimum absolute atomic E-state index is 0.234. The van der Waals surface area contributed by atoms with Crippen LogP contribution in [0.4, 0.5) is 0 Å². The fourth-order valence-electron chi connectivity index (χ4n) is 1.43. The van der Waals surface area contributed by atoms with Gasteiger partial charge in [-0.2, -0.15) is 0 Å². The second-order valence-corrected chi connectivity index (χ2v) is 4.35. The summed E-state index contributed by atoms with van der Waals surface area (Å²) in [6, 6.07) is 9.99. The molecule has 0 unspecified atom stereocenters. The number of rotatable bonds is 1. The van der Waals surface area contributed by atoms with Crippen LogP contribution in [-0.2, 0) is 0 Å². The molecule has 0 radical (unpaired) electrons. The molecule has 0 fully saturated rings. The summed E-state index contributed by atoms with van der Waals surface area (Å²) in [5, 5.41) is 17.1. The smallest absolute Gasteiger partial charge is 0.263 e. The average molecular weight is 293 g/mol. The number of nitrogens with one attached hydrogen (secondary N) is 1. The van der Waals surface area contributed by atoms with Gasteiger partial charge in [0, 0.05) is 16.2 Å². The lowest BCUT2D eigenvalue weighted by Crippen LogP contribution is -2.26. The van der Waals surface area contributed by atoms with E-state index in [9.17, 15) is 9.90 Å². The molecule has 0 atom stereocenters. The standard InChI is InChI=1S/C12H9BrN2O2/c13-9-6-10(16)11(14)15(7-9)12(17)8-4-2-1-3-5-8/h1-7,14,16H. The van der Waals surface area contributed by atoms with Gasteiger partial charge in [-0.3, -0.25) is 14.8 Å². The van der Waals surface area contributed by atoms with Crippen LogP contribution < -0.4 is 5.49 Å². The van der Waals surface area contributed by atoms with E-state index in [0.717, 1.165) is 4.57 Å². The van der Waals surface area contributed by atoms with Gasteiger partial charge < -0.3 is 5.11 Å². The highest BCUT2D eigenvalue weighted by molar-refractivity contribution is 9.10. The normalized spacial score (nSPS) is 10.2. The summed E-state index contributed by atoms with van der Waals surface area (Å²) in [6.45, 7) is 0. The molecule has 0 spiro atoms. The maximum absolute atomic E-state index is 12.1. The molecule has 5 heteroatoms. The molecule has 0 aliphatic heterocycles.